The molecular formula is C15H21NO2S. The summed E-state index contributed by atoms with van der Waals surface area (Å²) in [4.78, 5) is 16.3. The lowest BCUT2D eigenvalue weighted by Crippen LogP contribution is -2.61. The fraction of sp³-hybridized carbons (Fsp3) is 0.667. The fourth-order valence-electron chi connectivity index (χ4n) is 3.13. The van der Waals surface area contributed by atoms with Crippen molar-refractivity contribution >= 4 is 17.2 Å². The van der Waals surface area contributed by atoms with Crippen molar-refractivity contribution < 1.29 is 9.90 Å². The third kappa shape index (κ3) is 2.43. The Hall–Kier alpha value is -0.870. The van der Waals surface area contributed by atoms with E-state index in [9.17, 15) is 9.90 Å². The van der Waals surface area contributed by atoms with Crippen LogP contribution in [0.3, 0.4) is 0 Å². The number of nitrogens with zero attached hydrogens (tertiary/aromatic N) is 1. The average Bonchev–Trinajstić information content (AvgIpc) is 2.77. The monoisotopic (exact) mass is 279 g/mol. The van der Waals surface area contributed by atoms with Gasteiger partial charge in [0.1, 0.15) is 0 Å². The van der Waals surface area contributed by atoms with Crippen molar-refractivity contribution in [2.45, 2.75) is 45.1 Å². The van der Waals surface area contributed by atoms with Crippen LogP contribution >= 0.6 is 11.3 Å². The molecule has 0 bridgehead atoms. The van der Waals surface area contributed by atoms with Crippen LogP contribution in [-0.2, 0) is 12.8 Å². The maximum Gasteiger partial charge on any atom is 0.264 e. The van der Waals surface area contributed by atoms with E-state index >= 15 is 0 Å². The first kappa shape index (κ1) is 13.1. The van der Waals surface area contributed by atoms with E-state index in [1.807, 2.05) is 0 Å². The molecule has 0 spiro atoms. The summed E-state index contributed by atoms with van der Waals surface area (Å²) in [5.74, 6) is 0.883. The minimum absolute atomic E-state index is 0.0963. The van der Waals surface area contributed by atoms with E-state index in [1.165, 1.54) is 23.3 Å². The molecule has 104 valence electrons. The summed E-state index contributed by atoms with van der Waals surface area (Å²) in [5, 5.41) is 9.72. The number of fused-ring (bicyclic) bond motifs is 1. The second-order valence-corrected chi connectivity index (χ2v) is 7.37. The van der Waals surface area contributed by atoms with Crippen molar-refractivity contribution in [3.8, 4) is 0 Å². The van der Waals surface area contributed by atoms with Crippen molar-refractivity contribution in [2.75, 3.05) is 13.1 Å². The molecule has 0 saturated carbocycles. The number of aliphatic hydroxyl groups is 1. The smallest absolute Gasteiger partial charge is 0.264 e. The highest BCUT2D eigenvalue weighted by Gasteiger charge is 2.40. The third-order valence-electron chi connectivity index (χ3n) is 4.32. The number of likely N-dealkylation sites (tertiary alicyclic amines) is 1. The number of rotatable bonds is 2. The van der Waals surface area contributed by atoms with Crippen molar-refractivity contribution in [3.63, 3.8) is 0 Å². The van der Waals surface area contributed by atoms with Gasteiger partial charge in [0.25, 0.3) is 5.91 Å². The normalized spacial score (nSPS) is 24.8. The lowest BCUT2D eigenvalue weighted by Gasteiger charge is -2.43. The molecule has 19 heavy (non-hydrogen) atoms. The van der Waals surface area contributed by atoms with E-state index in [-0.39, 0.29) is 5.91 Å². The third-order valence-corrected chi connectivity index (χ3v) is 5.55. The molecule has 1 fully saturated rings. The van der Waals surface area contributed by atoms with Crippen LogP contribution in [0.1, 0.15) is 46.8 Å². The summed E-state index contributed by atoms with van der Waals surface area (Å²) in [5.41, 5.74) is 0.707. The minimum Gasteiger partial charge on any atom is -0.386 e. The maximum absolute atomic E-state index is 12.3. The number of amides is 1. The first-order chi connectivity index (χ1) is 8.98. The number of hydrogen-bond acceptors (Lipinski definition) is 3. The molecule has 0 aromatic carbocycles. The van der Waals surface area contributed by atoms with Crippen LogP contribution in [0.2, 0.25) is 0 Å². The zero-order valence-electron chi connectivity index (χ0n) is 11.6. The largest absolute Gasteiger partial charge is 0.386 e. The molecule has 4 heteroatoms. The van der Waals surface area contributed by atoms with Crippen LogP contribution in [0.25, 0.3) is 0 Å². The van der Waals surface area contributed by atoms with Gasteiger partial charge in [-0.1, -0.05) is 13.3 Å². The molecule has 1 saturated heterocycles. The van der Waals surface area contributed by atoms with E-state index in [0.29, 0.717) is 13.1 Å². The molecule has 1 aromatic heterocycles. The van der Waals surface area contributed by atoms with Crippen LogP contribution in [0, 0.1) is 5.92 Å². The second kappa shape index (κ2) is 4.60. The average molecular weight is 279 g/mol. The Balaban J connectivity index is 1.73. The van der Waals surface area contributed by atoms with Crippen LogP contribution in [0.4, 0.5) is 0 Å². The summed E-state index contributed by atoms with van der Waals surface area (Å²) < 4.78 is 0. The Morgan fingerprint density at radius 3 is 2.95 bits per heavy atom. The molecular weight excluding hydrogens is 258 g/mol. The minimum atomic E-state index is -0.681. The molecule has 2 heterocycles. The highest BCUT2D eigenvalue weighted by molar-refractivity contribution is 7.14. The quantitative estimate of drug-likeness (QED) is 0.903. The van der Waals surface area contributed by atoms with Crippen LogP contribution < -0.4 is 0 Å². The van der Waals surface area contributed by atoms with Crippen LogP contribution in [-0.4, -0.2) is 34.6 Å². The van der Waals surface area contributed by atoms with Crippen molar-refractivity contribution in [1.29, 1.82) is 0 Å². The first-order valence-corrected chi connectivity index (χ1v) is 7.93. The van der Waals surface area contributed by atoms with Gasteiger partial charge in [-0.25, -0.2) is 0 Å². The van der Waals surface area contributed by atoms with Gasteiger partial charge in [-0.2, -0.15) is 0 Å². The van der Waals surface area contributed by atoms with E-state index in [1.54, 1.807) is 23.2 Å². The highest BCUT2D eigenvalue weighted by atomic mass is 32.1. The molecule has 0 radical (unpaired) electrons. The van der Waals surface area contributed by atoms with Gasteiger partial charge in [-0.3, -0.25) is 4.79 Å². The summed E-state index contributed by atoms with van der Waals surface area (Å²) in [6.07, 6.45) is 4.75. The predicted octanol–water partition coefficient (Wildman–Crippen LogP) is 2.47. The van der Waals surface area contributed by atoms with Gasteiger partial charge in [0.2, 0.25) is 0 Å². The fourth-order valence-corrected chi connectivity index (χ4v) is 4.30. The molecule has 1 aromatic rings. The summed E-state index contributed by atoms with van der Waals surface area (Å²) in [6.45, 7) is 4.95. The number of thiophene rings is 1. The first-order valence-electron chi connectivity index (χ1n) is 7.12. The Morgan fingerprint density at radius 1 is 1.58 bits per heavy atom. The van der Waals surface area contributed by atoms with E-state index in [0.717, 1.165) is 23.6 Å². The summed E-state index contributed by atoms with van der Waals surface area (Å²) >= 11 is 1.66. The Kier molecular flexibility index (Phi) is 3.18. The lowest BCUT2D eigenvalue weighted by atomic mass is 9.87. The SMILES string of the molecule is CCC1CCc2sc(C(=O)N3CC(C)(O)C3)cc2C1. The highest BCUT2D eigenvalue weighted by Crippen LogP contribution is 2.35. The van der Waals surface area contributed by atoms with E-state index in [2.05, 4.69) is 13.0 Å². The molecule has 3 nitrogen and oxygen atoms in total. The lowest BCUT2D eigenvalue weighted by molar-refractivity contribution is -0.0667. The number of carbonyl (C=O) groups is 1. The van der Waals surface area contributed by atoms with Crippen molar-refractivity contribution in [1.82, 2.24) is 4.90 Å². The molecule has 1 aliphatic heterocycles. The standard InChI is InChI=1S/C15H21NO2S/c1-3-10-4-5-12-11(6-10)7-13(19-12)14(17)16-8-15(2,18)9-16/h7,10,18H,3-6,8-9H2,1-2H3. The van der Waals surface area contributed by atoms with E-state index < -0.39 is 5.60 Å². The van der Waals surface area contributed by atoms with Gasteiger partial charge in [0.15, 0.2) is 0 Å². The zero-order chi connectivity index (χ0) is 13.6. The maximum atomic E-state index is 12.3. The molecule has 1 N–H and O–H groups in total. The van der Waals surface area contributed by atoms with Crippen LogP contribution in [0.5, 0.6) is 0 Å². The molecule has 1 unspecified atom stereocenters. The molecule has 3 rings (SSSR count). The Bertz CT molecular complexity index is 498. The zero-order valence-corrected chi connectivity index (χ0v) is 12.4. The van der Waals surface area contributed by atoms with Gasteiger partial charge < -0.3 is 10.0 Å². The van der Waals surface area contributed by atoms with E-state index in [4.69, 9.17) is 0 Å². The number of hydrogen-bond donors (Lipinski definition) is 1. The van der Waals surface area contributed by atoms with Gasteiger partial charge in [-0.05, 0) is 43.7 Å². The summed E-state index contributed by atoms with van der Waals surface area (Å²) in [7, 11) is 0. The molecule has 1 atom stereocenters. The second-order valence-electron chi connectivity index (χ2n) is 6.23. The van der Waals surface area contributed by atoms with Crippen molar-refractivity contribution in [2.24, 2.45) is 5.92 Å². The van der Waals surface area contributed by atoms with Gasteiger partial charge in [-0.15, -0.1) is 11.3 Å². The van der Waals surface area contributed by atoms with Crippen molar-refractivity contribution in [3.05, 3.63) is 21.4 Å². The topological polar surface area (TPSA) is 40.5 Å². The number of aryl methyl sites for hydroxylation is 1. The molecule has 2 aliphatic rings. The van der Waals surface area contributed by atoms with Gasteiger partial charge >= 0.3 is 0 Å². The van der Waals surface area contributed by atoms with Gasteiger partial charge in [0, 0.05) is 4.88 Å². The number of carbonyl (C=O) groups excluding carboxylic acids is 1. The van der Waals surface area contributed by atoms with Gasteiger partial charge in [0.05, 0.1) is 23.6 Å². The summed E-state index contributed by atoms with van der Waals surface area (Å²) in [6, 6.07) is 2.09. The Labute approximate surface area is 118 Å². The predicted molar refractivity (Wildman–Crippen MR) is 76.7 cm³/mol. The number of β-amino-alcohol motifs (C(OH)–C–C–N with tert-alkyl or cyclic N) is 1. The van der Waals surface area contributed by atoms with Crippen LogP contribution in [0.15, 0.2) is 6.07 Å². The molecule has 1 amide bonds. The molecule has 1 aliphatic carbocycles. The Morgan fingerprint density at radius 2 is 2.32 bits per heavy atom.